The Kier molecular flexibility index (Phi) is 3.87. The molecule has 3 N–H and O–H groups in total. The fraction of sp³-hybridized carbons (Fsp3) is 1.00. The maximum absolute atomic E-state index is 11.8. The first-order chi connectivity index (χ1) is 7.61. The minimum Gasteiger partial charge on any atom is -0.330 e. The van der Waals surface area contributed by atoms with Crippen LogP contribution >= 0.6 is 0 Å². The van der Waals surface area contributed by atoms with Gasteiger partial charge in [0.05, 0.1) is 5.75 Å². The van der Waals surface area contributed by atoms with E-state index in [9.17, 15) is 8.42 Å². The van der Waals surface area contributed by atoms with Gasteiger partial charge in [-0.25, -0.2) is 13.1 Å². The van der Waals surface area contributed by atoms with Crippen molar-refractivity contribution in [1.29, 1.82) is 0 Å². The molecular weight excluding hydrogens is 224 g/mol. The first-order valence-corrected chi connectivity index (χ1v) is 7.96. The molecule has 16 heavy (non-hydrogen) atoms. The number of hydrogen-bond acceptors (Lipinski definition) is 3. The van der Waals surface area contributed by atoms with Crippen molar-refractivity contribution in [3.63, 3.8) is 0 Å². The summed E-state index contributed by atoms with van der Waals surface area (Å²) in [5.41, 5.74) is 5.36. The van der Waals surface area contributed by atoms with E-state index in [4.69, 9.17) is 5.73 Å². The van der Waals surface area contributed by atoms with Crippen molar-refractivity contribution in [3.8, 4) is 0 Å². The molecule has 5 heteroatoms. The van der Waals surface area contributed by atoms with Gasteiger partial charge in [0.1, 0.15) is 0 Å². The van der Waals surface area contributed by atoms with Crippen molar-refractivity contribution in [2.24, 2.45) is 17.6 Å². The number of nitrogens with one attached hydrogen (secondary N) is 1. The van der Waals surface area contributed by atoms with Crippen molar-refractivity contribution in [2.75, 3.05) is 12.3 Å². The maximum atomic E-state index is 11.8. The molecule has 4 nitrogen and oxygen atoms in total. The van der Waals surface area contributed by atoms with E-state index in [2.05, 4.69) is 4.72 Å². The summed E-state index contributed by atoms with van der Waals surface area (Å²) in [6.07, 6.45) is 6.26. The van der Waals surface area contributed by atoms with Gasteiger partial charge in [-0.1, -0.05) is 6.42 Å². The number of unbranched alkanes of at least 4 members (excludes halogenated alkanes) is 1. The van der Waals surface area contributed by atoms with Gasteiger partial charge in [0.15, 0.2) is 0 Å². The van der Waals surface area contributed by atoms with Crippen LogP contribution < -0.4 is 10.5 Å². The fourth-order valence-corrected chi connectivity index (χ4v) is 4.57. The number of nitrogens with two attached hydrogens (primary N) is 1. The van der Waals surface area contributed by atoms with Gasteiger partial charge in [0.2, 0.25) is 10.0 Å². The Hall–Kier alpha value is -0.130. The normalized spacial score (nSPS) is 33.4. The topological polar surface area (TPSA) is 72.2 Å². The summed E-state index contributed by atoms with van der Waals surface area (Å²) in [5.74, 6) is 1.62. The standard InChI is InChI=1S/C11H22N2O2S/c12-5-1-2-6-16(14,15)13-11-8-9-3-4-10(11)7-9/h9-11,13H,1-8,12H2. The van der Waals surface area contributed by atoms with E-state index in [0.717, 1.165) is 18.8 Å². The summed E-state index contributed by atoms with van der Waals surface area (Å²) in [7, 11) is -3.07. The number of fused-ring (bicyclic) bond motifs is 2. The SMILES string of the molecule is NCCCCS(=O)(=O)NC1CC2CCC1C2. The fourth-order valence-electron chi connectivity index (χ4n) is 3.12. The zero-order valence-electron chi connectivity index (χ0n) is 9.69. The highest BCUT2D eigenvalue weighted by Crippen LogP contribution is 2.44. The Balaban J connectivity index is 1.80. The van der Waals surface area contributed by atoms with Crippen LogP contribution in [0, 0.1) is 11.8 Å². The second-order valence-corrected chi connectivity index (χ2v) is 7.09. The van der Waals surface area contributed by atoms with Gasteiger partial charge in [0, 0.05) is 6.04 Å². The van der Waals surface area contributed by atoms with Crippen LogP contribution in [0.15, 0.2) is 0 Å². The molecule has 3 unspecified atom stereocenters. The highest BCUT2D eigenvalue weighted by atomic mass is 32.2. The van der Waals surface area contributed by atoms with Crippen molar-refractivity contribution in [2.45, 2.75) is 44.6 Å². The molecule has 94 valence electrons. The van der Waals surface area contributed by atoms with Crippen LogP contribution in [0.5, 0.6) is 0 Å². The van der Waals surface area contributed by atoms with Gasteiger partial charge in [0.25, 0.3) is 0 Å². The van der Waals surface area contributed by atoms with Crippen LogP contribution in [-0.2, 0) is 10.0 Å². The molecular formula is C11H22N2O2S. The van der Waals surface area contributed by atoms with E-state index in [-0.39, 0.29) is 11.8 Å². The van der Waals surface area contributed by atoms with Crippen LogP contribution in [0.4, 0.5) is 0 Å². The maximum Gasteiger partial charge on any atom is 0.211 e. The summed E-state index contributed by atoms with van der Waals surface area (Å²) in [6, 6.07) is 0.224. The zero-order valence-corrected chi connectivity index (χ0v) is 10.5. The smallest absolute Gasteiger partial charge is 0.211 e. The van der Waals surface area contributed by atoms with Gasteiger partial charge in [-0.3, -0.25) is 0 Å². The van der Waals surface area contributed by atoms with Crippen LogP contribution in [0.25, 0.3) is 0 Å². The van der Waals surface area contributed by atoms with Gasteiger partial charge in [-0.2, -0.15) is 0 Å². The molecule has 2 aliphatic rings. The summed E-state index contributed by atoms with van der Waals surface area (Å²) >= 11 is 0. The van der Waals surface area contributed by atoms with Gasteiger partial charge in [-0.05, 0) is 50.5 Å². The van der Waals surface area contributed by atoms with E-state index < -0.39 is 10.0 Å². The molecule has 0 amide bonds. The molecule has 0 saturated heterocycles. The molecule has 0 heterocycles. The average molecular weight is 246 g/mol. The number of hydrogen-bond donors (Lipinski definition) is 2. The monoisotopic (exact) mass is 246 g/mol. The predicted octanol–water partition coefficient (Wildman–Crippen LogP) is 0.833. The second-order valence-electron chi connectivity index (χ2n) is 5.21. The minimum atomic E-state index is -3.07. The quantitative estimate of drug-likeness (QED) is 0.682. The number of sulfonamides is 1. The Morgan fingerprint density at radius 1 is 1.19 bits per heavy atom. The highest BCUT2D eigenvalue weighted by molar-refractivity contribution is 7.89. The third-order valence-electron chi connectivity index (χ3n) is 3.94. The Morgan fingerprint density at radius 3 is 2.56 bits per heavy atom. The van der Waals surface area contributed by atoms with Crippen LogP contribution in [-0.4, -0.2) is 26.8 Å². The Morgan fingerprint density at radius 2 is 2.00 bits per heavy atom. The lowest BCUT2D eigenvalue weighted by Crippen LogP contribution is -2.39. The van der Waals surface area contributed by atoms with Crippen molar-refractivity contribution >= 4 is 10.0 Å². The molecule has 0 spiro atoms. The lowest BCUT2D eigenvalue weighted by molar-refractivity contribution is 0.390. The van der Waals surface area contributed by atoms with E-state index in [1.807, 2.05) is 0 Å². The third kappa shape index (κ3) is 2.96. The van der Waals surface area contributed by atoms with Gasteiger partial charge < -0.3 is 5.73 Å². The Bertz CT molecular complexity index is 329. The summed E-state index contributed by atoms with van der Waals surface area (Å²) < 4.78 is 26.4. The van der Waals surface area contributed by atoms with Gasteiger partial charge >= 0.3 is 0 Å². The molecule has 3 atom stereocenters. The average Bonchev–Trinajstić information content (AvgIpc) is 2.78. The molecule has 2 aliphatic carbocycles. The molecule has 2 rings (SSSR count). The predicted molar refractivity (Wildman–Crippen MR) is 64.4 cm³/mol. The van der Waals surface area contributed by atoms with Crippen LogP contribution in [0.3, 0.4) is 0 Å². The van der Waals surface area contributed by atoms with Crippen molar-refractivity contribution in [3.05, 3.63) is 0 Å². The summed E-state index contributed by atoms with van der Waals surface area (Å²) in [6.45, 7) is 0.573. The molecule has 0 aromatic carbocycles. The molecule has 2 fully saturated rings. The molecule has 2 bridgehead atoms. The van der Waals surface area contributed by atoms with Gasteiger partial charge in [-0.15, -0.1) is 0 Å². The Labute approximate surface area is 98.0 Å². The molecule has 0 aromatic rings. The highest BCUT2D eigenvalue weighted by Gasteiger charge is 2.40. The third-order valence-corrected chi connectivity index (χ3v) is 5.42. The molecule has 0 radical (unpaired) electrons. The summed E-state index contributed by atoms with van der Waals surface area (Å²) in [4.78, 5) is 0. The lowest BCUT2D eigenvalue weighted by atomic mass is 9.96. The van der Waals surface area contributed by atoms with E-state index in [1.165, 1.54) is 19.3 Å². The molecule has 2 saturated carbocycles. The first kappa shape index (κ1) is 12.3. The van der Waals surface area contributed by atoms with Crippen molar-refractivity contribution < 1.29 is 8.42 Å². The van der Waals surface area contributed by atoms with Crippen LogP contribution in [0.2, 0.25) is 0 Å². The van der Waals surface area contributed by atoms with Crippen LogP contribution in [0.1, 0.15) is 38.5 Å². The lowest BCUT2D eigenvalue weighted by Gasteiger charge is -2.22. The van der Waals surface area contributed by atoms with E-state index in [0.29, 0.717) is 18.9 Å². The number of rotatable bonds is 6. The first-order valence-electron chi connectivity index (χ1n) is 6.31. The van der Waals surface area contributed by atoms with Crippen molar-refractivity contribution in [1.82, 2.24) is 4.72 Å². The second kappa shape index (κ2) is 5.02. The molecule has 0 aliphatic heterocycles. The summed E-state index contributed by atoms with van der Waals surface area (Å²) in [5, 5.41) is 0. The molecule has 0 aromatic heterocycles. The van der Waals surface area contributed by atoms with E-state index >= 15 is 0 Å². The largest absolute Gasteiger partial charge is 0.330 e. The zero-order chi connectivity index (χ0) is 11.6. The van der Waals surface area contributed by atoms with E-state index in [1.54, 1.807) is 0 Å². The minimum absolute atomic E-state index is 0.224.